The number of nitrogens with zero attached hydrogens (tertiary/aromatic N) is 2. The van der Waals surface area contributed by atoms with Gasteiger partial charge in [-0.15, -0.1) is 0 Å². The van der Waals surface area contributed by atoms with Gasteiger partial charge in [-0.05, 0) is 19.1 Å². The maximum Gasteiger partial charge on any atom is 0.244 e. The Labute approximate surface area is 145 Å². The average Bonchev–Trinajstić information content (AvgIpc) is 2.83. The summed E-state index contributed by atoms with van der Waals surface area (Å²) in [7, 11) is 0. The predicted octanol–water partition coefficient (Wildman–Crippen LogP) is 3.14. The van der Waals surface area contributed by atoms with Crippen LogP contribution in [0, 0.1) is 6.92 Å². The van der Waals surface area contributed by atoms with Crippen molar-refractivity contribution in [1.82, 2.24) is 9.55 Å². The summed E-state index contributed by atoms with van der Waals surface area (Å²) in [4.78, 5) is 16.7. The van der Waals surface area contributed by atoms with Gasteiger partial charge in [0.2, 0.25) is 5.91 Å². The first kappa shape index (κ1) is 15.5. The first-order valence-electron chi connectivity index (χ1n) is 8.30. The highest BCUT2D eigenvalue weighted by molar-refractivity contribution is 5.91. The first-order chi connectivity index (χ1) is 12.2. The maximum atomic E-state index is 12.3. The van der Waals surface area contributed by atoms with Crippen LogP contribution in [0.25, 0.3) is 11.0 Å². The van der Waals surface area contributed by atoms with Crippen LogP contribution in [0.3, 0.4) is 0 Å². The Kier molecular flexibility index (Phi) is 4.01. The lowest BCUT2D eigenvalue weighted by Gasteiger charge is -2.09. The van der Waals surface area contributed by atoms with Crippen molar-refractivity contribution < 1.29 is 14.3 Å². The third kappa shape index (κ3) is 3.28. The molecule has 0 spiro atoms. The zero-order chi connectivity index (χ0) is 17.2. The van der Waals surface area contributed by atoms with Gasteiger partial charge in [-0.25, -0.2) is 4.98 Å². The van der Waals surface area contributed by atoms with E-state index < -0.39 is 0 Å². The number of hydrogen-bond acceptors (Lipinski definition) is 4. The zero-order valence-corrected chi connectivity index (χ0v) is 14.0. The molecule has 1 amide bonds. The number of fused-ring (bicyclic) bond motifs is 2. The summed E-state index contributed by atoms with van der Waals surface area (Å²) in [6, 6.07) is 11.5. The molecule has 128 valence electrons. The van der Waals surface area contributed by atoms with Gasteiger partial charge in [0, 0.05) is 24.2 Å². The van der Waals surface area contributed by atoms with Gasteiger partial charge in [-0.1, -0.05) is 17.7 Å². The van der Waals surface area contributed by atoms with Crippen LogP contribution in [0.5, 0.6) is 11.5 Å². The van der Waals surface area contributed by atoms with Crippen molar-refractivity contribution in [3.05, 3.63) is 48.3 Å². The topological polar surface area (TPSA) is 65.4 Å². The van der Waals surface area contributed by atoms with E-state index in [1.54, 1.807) is 6.33 Å². The Balaban J connectivity index is 1.55. The van der Waals surface area contributed by atoms with E-state index >= 15 is 0 Å². The number of carbonyl (C=O) groups excluding carboxylic acids is 1. The van der Waals surface area contributed by atoms with E-state index in [0.29, 0.717) is 24.7 Å². The molecule has 4 rings (SSSR count). The molecule has 0 atom stereocenters. The molecular weight excluding hydrogens is 318 g/mol. The molecule has 6 heteroatoms. The summed E-state index contributed by atoms with van der Waals surface area (Å²) in [5, 5.41) is 2.90. The number of amides is 1. The van der Waals surface area contributed by atoms with E-state index in [4.69, 9.17) is 9.47 Å². The monoisotopic (exact) mass is 337 g/mol. The lowest BCUT2D eigenvalue weighted by atomic mass is 10.2. The molecule has 1 aliphatic heterocycles. The predicted molar refractivity (Wildman–Crippen MR) is 95.1 cm³/mol. The van der Waals surface area contributed by atoms with E-state index in [0.717, 1.165) is 28.7 Å². The molecule has 0 unspecified atom stereocenters. The number of aryl methyl sites for hydroxylation is 1. The molecule has 6 nitrogen and oxygen atoms in total. The molecule has 0 saturated heterocycles. The molecule has 1 aromatic heterocycles. The van der Waals surface area contributed by atoms with E-state index in [2.05, 4.69) is 10.3 Å². The van der Waals surface area contributed by atoms with E-state index in [1.807, 2.05) is 47.9 Å². The van der Waals surface area contributed by atoms with Crippen LogP contribution in [0.15, 0.2) is 42.7 Å². The second kappa shape index (κ2) is 6.47. The van der Waals surface area contributed by atoms with Crippen molar-refractivity contribution in [3.63, 3.8) is 0 Å². The van der Waals surface area contributed by atoms with Crippen molar-refractivity contribution in [2.75, 3.05) is 18.5 Å². The van der Waals surface area contributed by atoms with E-state index in [1.165, 1.54) is 0 Å². The third-order valence-corrected chi connectivity index (χ3v) is 4.14. The minimum absolute atomic E-state index is 0.102. The highest BCUT2D eigenvalue weighted by Gasteiger charge is 2.15. The zero-order valence-electron chi connectivity index (χ0n) is 14.0. The number of imidazole rings is 1. The summed E-state index contributed by atoms with van der Waals surface area (Å²) in [5.41, 5.74) is 3.57. The minimum Gasteiger partial charge on any atom is -0.489 e. The second-order valence-electron chi connectivity index (χ2n) is 6.12. The average molecular weight is 337 g/mol. The molecule has 0 fully saturated rings. The van der Waals surface area contributed by atoms with Crippen LogP contribution in [0.2, 0.25) is 0 Å². The summed E-state index contributed by atoms with van der Waals surface area (Å²) >= 11 is 0. The molecule has 0 saturated carbocycles. The Morgan fingerprint density at radius 3 is 2.64 bits per heavy atom. The fourth-order valence-electron chi connectivity index (χ4n) is 2.83. The highest BCUT2D eigenvalue weighted by atomic mass is 16.5. The van der Waals surface area contributed by atoms with Gasteiger partial charge >= 0.3 is 0 Å². The number of rotatable bonds is 3. The molecule has 0 aliphatic carbocycles. The summed E-state index contributed by atoms with van der Waals surface area (Å²) in [6.45, 7) is 3.46. The highest BCUT2D eigenvalue weighted by Crippen LogP contribution is 2.33. The van der Waals surface area contributed by atoms with Crippen molar-refractivity contribution in [2.45, 2.75) is 19.9 Å². The molecule has 1 aliphatic rings. The minimum atomic E-state index is -0.102. The number of carbonyl (C=O) groups is 1. The van der Waals surface area contributed by atoms with E-state index in [9.17, 15) is 4.79 Å². The molecule has 2 aromatic carbocycles. The molecule has 0 bridgehead atoms. The second-order valence-corrected chi connectivity index (χ2v) is 6.12. The fraction of sp³-hybridized carbons (Fsp3) is 0.263. The SMILES string of the molecule is Cc1ccc(NC(=O)Cn2cnc3cc4c(cc32)OCCCO4)cc1. The molecular formula is C19H19N3O3. The number of benzene rings is 2. The summed E-state index contributed by atoms with van der Waals surface area (Å²) < 4.78 is 13.2. The Morgan fingerprint density at radius 1 is 1.16 bits per heavy atom. The third-order valence-electron chi connectivity index (χ3n) is 4.14. The Bertz CT molecular complexity index is 916. The molecule has 0 radical (unpaired) electrons. The van der Waals surface area contributed by atoms with Crippen molar-refractivity contribution in [1.29, 1.82) is 0 Å². The van der Waals surface area contributed by atoms with Crippen LogP contribution in [-0.4, -0.2) is 28.7 Å². The van der Waals surface area contributed by atoms with Crippen LogP contribution in [0.1, 0.15) is 12.0 Å². The maximum absolute atomic E-state index is 12.3. The van der Waals surface area contributed by atoms with Crippen LogP contribution < -0.4 is 14.8 Å². The fourth-order valence-corrected chi connectivity index (χ4v) is 2.83. The van der Waals surface area contributed by atoms with Crippen molar-refractivity contribution in [3.8, 4) is 11.5 Å². The van der Waals surface area contributed by atoms with Crippen LogP contribution >= 0.6 is 0 Å². The molecule has 25 heavy (non-hydrogen) atoms. The number of nitrogens with one attached hydrogen (secondary N) is 1. The van der Waals surface area contributed by atoms with Gasteiger partial charge in [0.15, 0.2) is 11.5 Å². The molecule has 1 N–H and O–H groups in total. The number of ether oxygens (including phenoxy) is 2. The van der Waals surface area contributed by atoms with Gasteiger partial charge in [0.05, 0.1) is 30.6 Å². The van der Waals surface area contributed by atoms with E-state index in [-0.39, 0.29) is 12.5 Å². The summed E-state index contributed by atoms with van der Waals surface area (Å²) in [5.74, 6) is 1.31. The summed E-state index contributed by atoms with van der Waals surface area (Å²) in [6.07, 6.45) is 2.52. The largest absolute Gasteiger partial charge is 0.489 e. The normalized spacial score (nSPS) is 13.5. The lowest BCUT2D eigenvalue weighted by Crippen LogP contribution is -2.18. The van der Waals surface area contributed by atoms with Crippen LogP contribution in [-0.2, 0) is 11.3 Å². The van der Waals surface area contributed by atoms with Crippen LogP contribution in [0.4, 0.5) is 5.69 Å². The Morgan fingerprint density at radius 2 is 1.88 bits per heavy atom. The van der Waals surface area contributed by atoms with Gasteiger partial charge in [0.25, 0.3) is 0 Å². The van der Waals surface area contributed by atoms with Gasteiger partial charge < -0.3 is 19.4 Å². The number of hydrogen-bond donors (Lipinski definition) is 1. The first-order valence-corrected chi connectivity index (χ1v) is 8.30. The Hall–Kier alpha value is -3.02. The van der Waals surface area contributed by atoms with Gasteiger partial charge in [-0.2, -0.15) is 0 Å². The van der Waals surface area contributed by atoms with Crippen molar-refractivity contribution >= 4 is 22.6 Å². The van der Waals surface area contributed by atoms with Gasteiger partial charge in [-0.3, -0.25) is 4.79 Å². The number of anilines is 1. The lowest BCUT2D eigenvalue weighted by molar-refractivity contribution is -0.116. The smallest absolute Gasteiger partial charge is 0.244 e. The standard InChI is InChI=1S/C19H19N3O3/c1-13-3-5-14(6-4-13)21-19(23)11-22-12-20-15-9-17-18(10-16(15)22)25-8-2-7-24-17/h3-6,9-10,12H,2,7-8,11H2,1H3,(H,21,23). The molecule has 3 aromatic rings. The van der Waals surface area contributed by atoms with Gasteiger partial charge in [0.1, 0.15) is 6.54 Å². The van der Waals surface area contributed by atoms with Crippen molar-refractivity contribution in [2.24, 2.45) is 0 Å². The number of aromatic nitrogens is 2. The molecule has 2 heterocycles. The quantitative estimate of drug-likeness (QED) is 0.797.